The number of halogens is 1. The topological polar surface area (TPSA) is 17.1 Å². The molecule has 1 fully saturated rings. The fraction of sp³-hybridized carbons (Fsp3) is 0.500. The van der Waals surface area contributed by atoms with E-state index in [0.717, 1.165) is 18.4 Å². The van der Waals surface area contributed by atoms with Crippen LogP contribution in [0.3, 0.4) is 0 Å². The number of benzene rings is 1. The molecule has 0 radical (unpaired) electrons. The van der Waals surface area contributed by atoms with Crippen LogP contribution in [0.5, 0.6) is 0 Å². The molecule has 2 heteroatoms. The maximum atomic E-state index is 12.3. The molecule has 1 nitrogen and oxygen atoms in total. The van der Waals surface area contributed by atoms with Gasteiger partial charge in [0.1, 0.15) is 0 Å². The molecule has 0 saturated heterocycles. The summed E-state index contributed by atoms with van der Waals surface area (Å²) in [6.45, 7) is 0. The van der Waals surface area contributed by atoms with Crippen LogP contribution in [0.25, 0.3) is 0 Å². The third-order valence-electron chi connectivity index (χ3n) is 3.35. The van der Waals surface area contributed by atoms with E-state index in [9.17, 15) is 4.79 Å². The van der Waals surface area contributed by atoms with E-state index in [4.69, 9.17) is 0 Å². The first-order valence-electron chi connectivity index (χ1n) is 6.07. The SMILES string of the molecule is O=C(c1ccc(I)cc1)C1CCCCCC1. The molecule has 0 unspecified atom stereocenters. The van der Waals surface area contributed by atoms with E-state index in [-0.39, 0.29) is 5.92 Å². The van der Waals surface area contributed by atoms with E-state index < -0.39 is 0 Å². The van der Waals surface area contributed by atoms with Gasteiger partial charge in [-0.05, 0) is 47.6 Å². The summed E-state index contributed by atoms with van der Waals surface area (Å²) < 4.78 is 1.19. The van der Waals surface area contributed by atoms with Crippen molar-refractivity contribution in [3.8, 4) is 0 Å². The van der Waals surface area contributed by atoms with Crippen molar-refractivity contribution in [2.75, 3.05) is 0 Å². The van der Waals surface area contributed by atoms with Crippen LogP contribution in [0.2, 0.25) is 0 Å². The predicted octanol–water partition coefficient (Wildman–Crippen LogP) is 4.44. The summed E-state index contributed by atoms with van der Waals surface area (Å²) in [4.78, 5) is 12.3. The third-order valence-corrected chi connectivity index (χ3v) is 4.07. The van der Waals surface area contributed by atoms with E-state index in [1.807, 2.05) is 24.3 Å². The quantitative estimate of drug-likeness (QED) is 0.445. The van der Waals surface area contributed by atoms with Crippen molar-refractivity contribution in [1.29, 1.82) is 0 Å². The van der Waals surface area contributed by atoms with Gasteiger partial charge in [-0.3, -0.25) is 4.79 Å². The minimum Gasteiger partial charge on any atom is -0.294 e. The molecule has 0 heterocycles. The second-order valence-electron chi connectivity index (χ2n) is 4.56. The monoisotopic (exact) mass is 328 g/mol. The van der Waals surface area contributed by atoms with Crippen molar-refractivity contribution in [2.45, 2.75) is 38.5 Å². The Hall–Kier alpha value is -0.380. The van der Waals surface area contributed by atoms with Crippen molar-refractivity contribution in [3.63, 3.8) is 0 Å². The first-order valence-corrected chi connectivity index (χ1v) is 7.15. The number of ketones is 1. The molecule has 1 aromatic rings. The van der Waals surface area contributed by atoms with Crippen LogP contribution >= 0.6 is 22.6 Å². The van der Waals surface area contributed by atoms with Gasteiger partial charge in [0.05, 0.1) is 0 Å². The molecule has 1 saturated carbocycles. The Morgan fingerprint density at radius 2 is 1.56 bits per heavy atom. The highest BCUT2D eigenvalue weighted by molar-refractivity contribution is 14.1. The van der Waals surface area contributed by atoms with Crippen LogP contribution in [-0.4, -0.2) is 5.78 Å². The van der Waals surface area contributed by atoms with Crippen molar-refractivity contribution in [2.24, 2.45) is 5.92 Å². The molecule has 0 N–H and O–H groups in total. The first-order chi connectivity index (χ1) is 7.77. The molecular weight excluding hydrogens is 311 g/mol. The first kappa shape index (κ1) is 12.1. The summed E-state index contributed by atoms with van der Waals surface area (Å²) in [5, 5.41) is 0. The number of carbonyl (C=O) groups is 1. The Morgan fingerprint density at radius 1 is 1.00 bits per heavy atom. The Morgan fingerprint density at radius 3 is 2.12 bits per heavy atom. The molecule has 86 valence electrons. The zero-order valence-corrected chi connectivity index (χ0v) is 11.6. The average Bonchev–Trinajstić information content (AvgIpc) is 2.57. The Kier molecular flexibility index (Phi) is 4.38. The minimum absolute atomic E-state index is 0.280. The zero-order valence-electron chi connectivity index (χ0n) is 9.42. The highest BCUT2D eigenvalue weighted by atomic mass is 127. The third kappa shape index (κ3) is 3.06. The average molecular weight is 328 g/mol. The molecule has 0 bridgehead atoms. The molecule has 0 spiro atoms. The van der Waals surface area contributed by atoms with Gasteiger partial charge in [-0.2, -0.15) is 0 Å². The normalized spacial score (nSPS) is 18.1. The fourth-order valence-electron chi connectivity index (χ4n) is 2.39. The molecule has 0 amide bonds. The van der Waals surface area contributed by atoms with Gasteiger partial charge < -0.3 is 0 Å². The summed E-state index contributed by atoms with van der Waals surface area (Å²) in [5.74, 6) is 0.640. The van der Waals surface area contributed by atoms with Gasteiger partial charge in [-0.1, -0.05) is 37.8 Å². The number of Topliss-reactive ketones (excluding diaryl/α,β-unsaturated/α-hetero) is 1. The second kappa shape index (κ2) is 5.80. The van der Waals surface area contributed by atoms with E-state index in [2.05, 4.69) is 22.6 Å². The van der Waals surface area contributed by atoms with Crippen LogP contribution in [0, 0.1) is 9.49 Å². The lowest BCUT2D eigenvalue weighted by atomic mass is 9.91. The number of hydrogen-bond donors (Lipinski definition) is 0. The lowest BCUT2D eigenvalue weighted by molar-refractivity contribution is 0.0908. The van der Waals surface area contributed by atoms with Crippen molar-refractivity contribution < 1.29 is 4.79 Å². The molecule has 2 rings (SSSR count). The molecule has 1 aliphatic carbocycles. The molecule has 1 aromatic carbocycles. The van der Waals surface area contributed by atoms with E-state index >= 15 is 0 Å². The van der Waals surface area contributed by atoms with Gasteiger partial charge in [0, 0.05) is 15.1 Å². The largest absolute Gasteiger partial charge is 0.294 e. The van der Waals surface area contributed by atoms with Crippen LogP contribution in [0.15, 0.2) is 24.3 Å². The minimum atomic E-state index is 0.280. The summed E-state index contributed by atoms with van der Waals surface area (Å²) >= 11 is 2.27. The van der Waals surface area contributed by atoms with E-state index in [1.54, 1.807) is 0 Å². The lowest BCUT2D eigenvalue weighted by Gasteiger charge is -2.12. The Bertz CT molecular complexity index is 348. The summed E-state index contributed by atoms with van der Waals surface area (Å²) in [6, 6.07) is 7.97. The number of hydrogen-bond acceptors (Lipinski definition) is 1. The predicted molar refractivity (Wildman–Crippen MR) is 74.7 cm³/mol. The number of carbonyl (C=O) groups excluding carboxylic acids is 1. The smallest absolute Gasteiger partial charge is 0.165 e. The summed E-state index contributed by atoms with van der Waals surface area (Å²) in [5.41, 5.74) is 0.896. The van der Waals surface area contributed by atoms with E-state index in [0.29, 0.717) is 5.78 Å². The maximum absolute atomic E-state index is 12.3. The molecule has 0 aromatic heterocycles. The molecule has 0 aliphatic heterocycles. The summed E-state index contributed by atoms with van der Waals surface area (Å²) in [7, 11) is 0. The maximum Gasteiger partial charge on any atom is 0.165 e. The highest BCUT2D eigenvalue weighted by Crippen LogP contribution is 2.26. The van der Waals surface area contributed by atoms with Crippen molar-refractivity contribution in [3.05, 3.63) is 33.4 Å². The highest BCUT2D eigenvalue weighted by Gasteiger charge is 2.20. The second-order valence-corrected chi connectivity index (χ2v) is 5.81. The van der Waals surface area contributed by atoms with Gasteiger partial charge >= 0.3 is 0 Å². The van der Waals surface area contributed by atoms with Crippen LogP contribution < -0.4 is 0 Å². The van der Waals surface area contributed by atoms with Gasteiger partial charge in [0.2, 0.25) is 0 Å². The van der Waals surface area contributed by atoms with Crippen LogP contribution in [0.1, 0.15) is 48.9 Å². The number of rotatable bonds is 2. The van der Waals surface area contributed by atoms with Gasteiger partial charge in [0.15, 0.2) is 5.78 Å². The fourth-order valence-corrected chi connectivity index (χ4v) is 2.75. The van der Waals surface area contributed by atoms with Crippen LogP contribution in [0.4, 0.5) is 0 Å². The Balaban J connectivity index is 2.08. The summed E-state index contributed by atoms with van der Waals surface area (Å²) in [6.07, 6.45) is 7.23. The standard InChI is InChI=1S/C14H17IO/c15-13-9-7-12(8-10-13)14(16)11-5-3-1-2-4-6-11/h7-11H,1-6H2. The molecule has 0 atom stereocenters. The molecular formula is C14H17IO. The van der Waals surface area contributed by atoms with Gasteiger partial charge in [-0.15, -0.1) is 0 Å². The molecule has 16 heavy (non-hydrogen) atoms. The van der Waals surface area contributed by atoms with Gasteiger partial charge in [0.25, 0.3) is 0 Å². The van der Waals surface area contributed by atoms with Gasteiger partial charge in [-0.25, -0.2) is 0 Å². The van der Waals surface area contributed by atoms with Crippen LogP contribution in [-0.2, 0) is 0 Å². The van der Waals surface area contributed by atoms with Crippen molar-refractivity contribution in [1.82, 2.24) is 0 Å². The van der Waals surface area contributed by atoms with E-state index in [1.165, 1.54) is 29.3 Å². The molecule has 1 aliphatic rings. The van der Waals surface area contributed by atoms with Crippen molar-refractivity contribution >= 4 is 28.4 Å². The lowest BCUT2D eigenvalue weighted by Crippen LogP contribution is -2.13. The zero-order chi connectivity index (χ0) is 11.4. The Labute approximate surface area is 111 Å².